The van der Waals surface area contributed by atoms with Crippen molar-refractivity contribution in [3.63, 3.8) is 0 Å². The average molecular weight is 319 g/mol. The summed E-state index contributed by atoms with van der Waals surface area (Å²) in [5.41, 5.74) is 1.06. The van der Waals surface area contributed by atoms with E-state index in [-0.39, 0.29) is 6.10 Å². The van der Waals surface area contributed by atoms with Gasteiger partial charge in [0.05, 0.1) is 6.10 Å². The molecule has 0 spiro atoms. The van der Waals surface area contributed by atoms with E-state index in [2.05, 4.69) is 27.7 Å². The number of aliphatic hydroxyl groups is 1. The highest BCUT2D eigenvalue weighted by Gasteiger charge is 2.61. The minimum absolute atomic E-state index is 0.127. The summed E-state index contributed by atoms with van der Waals surface area (Å²) < 4.78 is 0. The lowest BCUT2D eigenvalue weighted by atomic mass is 9.45. The molecule has 0 aromatic rings. The first kappa shape index (κ1) is 16.4. The molecule has 0 amide bonds. The first-order chi connectivity index (χ1) is 10.9. The summed E-state index contributed by atoms with van der Waals surface area (Å²) in [7, 11) is 0. The fourth-order valence-electron chi connectivity index (χ4n) is 8.72. The van der Waals surface area contributed by atoms with Crippen LogP contribution in [0.2, 0.25) is 0 Å². The van der Waals surface area contributed by atoms with Crippen molar-refractivity contribution in [3.8, 4) is 0 Å². The molecule has 0 aromatic carbocycles. The molecule has 0 heterocycles. The van der Waals surface area contributed by atoms with Gasteiger partial charge >= 0.3 is 0 Å². The standard InChI is InChI=1S/C22H38O/c1-14-13-19-17-9-8-16-7-5-6-11-21(16,3)18(17)10-12-22(19,4)20(14)15(2)23/h14-20,23H,5-13H2,1-4H3/t14-,15+,16-,17-,18+,19-,20+,21+,22+/m1/s1. The first-order valence-corrected chi connectivity index (χ1v) is 10.6. The Morgan fingerprint density at radius 3 is 2.43 bits per heavy atom. The third-order valence-corrected chi connectivity index (χ3v) is 9.54. The first-order valence-electron chi connectivity index (χ1n) is 10.6. The molecular weight excluding hydrogens is 280 g/mol. The normalized spacial score (nSPS) is 57.3. The predicted octanol–water partition coefficient (Wildman–Crippen LogP) is 5.66. The lowest BCUT2D eigenvalue weighted by Gasteiger charge is -2.60. The van der Waals surface area contributed by atoms with Crippen LogP contribution in [0.15, 0.2) is 0 Å². The second-order valence-electron chi connectivity index (χ2n) is 10.4. The van der Waals surface area contributed by atoms with Gasteiger partial charge in [-0.1, -0.05) is 33.6 Å². The summed E-state index contributed by atoms with van der Waals surface area (Å²) in [6.07, 6.45) is 13.0. The number of hydrogen-bond donors (Lipinski definition) is 1. The van der Waals surface area contributed by atoms with Gasteiger partial charge in [-0.15, -0.1) is 0 Å². The van der Waals surface area contributed by atoms with Gasteiger partial charge in [0.25, 0.3) is 0 Å². The summed E-state index contributed by atoms with van der Waals surface area (Å²) in [5, 5.41) is 10.5. The highest BCUT2D eigenvalue weighted by molar-refractivity contribution is 5.10. The molecule has 1 heteroatoms. The zero-order chi connectivity index (χ0) is 16.4. The van der Waals surface area contributed by atoms with E-state index in [1.807, 2.05) is 0 Å². The lowest BCUT2D eigenvalue weighted by molar-refractivity contribution is -0.119. The van der Waals surface area contributed by atoms with E-state index in [0.29, 0.717) is 22.7 Å². The molecule has 0 aliphatic heterocycles. The van der Waals surface area contributed by atoms with Crippen LogP contribution in [-0.2, 0) is 0 Å². The Labute approximate surface area is 143 Å². The van der Waals surface area contributed by atoms with E-state index >= 15 is 0 Å². The molecule has 4 fully saturated rings. The molecule has 1 N–H and O–H groups in total. The fourth-order valence-corrected chi connectivity index (χ4v) is 8.72. The highest BCUT2D eigenvalue weighted by Crippen LogP contribution is 2.68. The predicted molar refractivity (Wildman–Crippen MR) is 96.1 cm³/mol. The topological polar surface area (TPSA) is 20.2 Å². The Kier molecular flexibility index (Phi) is 3.91. The van der Waals surface area contributed by atoms with Gasteiger partial charge in [-0.2, -0.15) is 0 Å². The lowest BCUT2D eigenvalue weighted by Crippen LogP contribution is -2.53. The van der Waals surface area contributed by atoms with Gasteiger partial charge in [0.15, 0.2) is 0 Å². The number of fused-ring (bicyclic) bond motifs is 5. The van der Waals surface area contributed by atoms with Gasteiger partial charge in [0.2, 0.25) is 0 Å². The Hall–Kier alpha value is -0.0400. The molecule has 0 bridgehead atoms. The quantitative estimate of drug-likeness (QED) is 0.661. The van der Waals surface area contributed by atoms with Crippen LogP contribution < -0.4 is 0 Å². The van der Waals surface area contributed by atoms with Crippen LogP contribution in [0.4, 0.5) is 0 Å². The summed E-state index contributed by atoms with van der Waals surface area (Å²) in [5.74, 6) is 5.09. The van der Waals surface area contributed by atoms with Gasteiger partial charge in [0.1, 0.15) is 0 Å². The highest BCUT2D eigenvalue weighted by atomic mass is 16.3. The van der Waals surface area contributed by atoms with E-state index in [4.69, 9.17) is 0 Å². The van der Waals surface area contributed by atoms with Gasteiger partial charge in [-0.25, -0.2) is 0 Å². The van der Waals surface area contributed by atoms with Crippen molar-refractivity contribution in [2.75, 3.05) is 0 Å². The van der Waals surface area contributed by atoms with Crippen molar-refractivity contribution >= 4 is 0 Å². The molecule has 4 aliphatic rings. The van der Waals surface area contributed by atoms with Crippen LogP contribution >= 0.6 is 0 Å². The third-order valence-electron chi connectivity index (χ3n) is 9.54. The Bertz CT molecular complexity index is 457. The summed E-state index contributed by atoms with van der Waals surface area (Å²) >= 11 is 0. The van der Waals surface area contributed by atoms with Crippen molar-refractivity contribution in [2.24, 2.45) is 46.3 Å². The fraction of sp³-hybridized carbons (Fsp3) is 1.00. The molecule has 132 valence electrons. The number of aliphatic hydroxyl groups excluding tert-OH is 1. The molecule has 4 aliphatic carbocycles. The van der Waals surface area contributed by atoms with Crippen LogP contribution in [0.25, 0.3) is 0 Å². The molecule has 0 unspecified atom stereocenters. The molecule has 4 saturated carbocycles. The SMILES string of the molecule is C[C@H](O)[C@@H]1[C@H](C)C[C@@H]2[C@@H]3CC[C@H]4CCCC[C@]4(C)[C@H]3CC[C@]12C. The second kappa shape index (κ2) is 5.48. The van der Waals surface area contributed by atoms with Crippen molar-refractivity contribution in [1.82, 2.24) is 0 Å². The maximum atomic E-state index is 10.5. The van der Waals surface area contributed by atoms with Crippen LogP contribution in [0.1, 0.15) is 85.5 Å². The van der Waals surface area contributed by atoms with E-state index in [9.17, 15) is 5.11 Å². The molecule has 0 radical (unpaired) electrons. The van der Waals surface area contributed by atoms with E-state index in [1.165, 1.54) is 57.8 Å². The van der Waals surface area contributed by atoms with Crippen molar-refractivity contribution in [2.45, 2.75) is 91.6 Å². The largest absolute Gasteiger partial charge is 0.393 e. The zero-order valence-electron chi connectivity index (χ0n) is 15.9. The molecule has 1 nitrogen and oxygen atoms in total. The Morgan fingerprint density at radius 2 is 1.70 bits per heavy atom. The molecule has 4 rings (SSSR count). The Morgan fingerprint density at radius 1 is 0.913 bits per heavy atom. The van der Waals surface area contributed by atoms with Gasteiger partial charge in [-0.3, -0.25) is 0 Å². The number of hydrogen-bond acceptors (Lipinski definition) is 1. The summed E-state index contributed by atoms with van der Waals surface area (Å²) in [6, 6.07) is 0. The van der Waals surface area contributed by atoms with Crippen LogP contribution in [-0.4, -0.2) is 11.2 Å². The maximum absolute atomic E-state index is 10.5. The van der Waals surface area contributed by atoms with E-state index < -0.39 is 0 Å². The summed E-state index contributed by atoms with van der Waals surface area (Å²) in [4.78, 5) is 0. The molecule has 0 aromatic heterocycles. The smallest absolute Gasteiger partial charge is 0.0548 e. The van der Waals surface area contributed by atoms with E-state index in [0.717, 1.165) is 23.7 Å². The van der Waals surface area contributed by atoms with Crippen LogP contribution in [0.3, 0.4) is 0 Å². The van der Waals surface area contributed by atoms with Crippen molar-refractivity contribution in [3.05, 3.63) is 0 Å². The van der Waals surface area contributed by atoms with Gasteiger partial charge < -0.3 is 5.11 Å². The molecule has 0 saturated heterocycles. The molecule has 9 atom stereocenters. The molecule has 23 heavy (non-hydrogen) atoms. The monoisotopic (exact) mass is 318 g/mol. The molecular formula is C22H38O. The van der Waals surface area contributed by atoms with Crippen molar-refractivity contribution in [1.29, 1.82) is 0 Å². The maximum Gasteiger partial charge on any atom is 0.0548 e. The second-order valence-corrected chi connectivity index (χ2v) is 10.4. The minimum atomic E-state index is -0.127. The van der Waals surface area contributed by atoms with Crippen molar-refractivity contribution < 1.29 is 5.11 Å². The zero-order valence-corrected chi connectivity index (χ0v) is 15.9. The minimum Gasteiger partial charge on any atom is -0.393 e. The Balaban J connectivity index is 1.64. The van der Waals surface area contributed by atoms with Crippen LogP contribution in [0, 0.1) is 46.3 Å². The van der Waals surface area contributed by atoms with Crippen LogP contribution in [0.5, 0.6) is 0 Å². The summed E-state index contributed by atoms with van der Waals surface area (Å²) in [6.45, 7) is 9.69. The van der Waals surface area contributed by atoms with Gasteiger partial charge in [0, 0.05) is 0 Å². The third kappa shape index (κ3) is 2.21. The average Bonchev–Trinajstić information content (AvgIpc) is 2.77. The van der Waals surface area contributed by atoms with Gasteiger partial charge in [-0.05, 0) is 98.2 Å². The van der Waals surface area contributed by atoms with E-state index in [1.54, 1.807) is 0 Å². The number of rotatable bonds is 1.